The molecule has 0 aliphatic carbocycles. The monoisotopic (exact) mass is 223 g/mol. The maximum Gasteiger partial charge on any atom is 0.307 e. The molecule has 0 spiro atoms. The number of aryl methyl sites for hydroxylation is 1. The third-order valence-electron chi connectivity index (χ3n) is 2.45. The molecule has 16 heavy (non-hydrogen) atoms. The van der Waals surface area contributed by atoms with Gasteiger partial charge in [0.2, 0.25) is 0 Å². The van der Waals surface area contributed by atoms with Gasteiger partial charge in [-0.1, -0.05) is 29.8 Å². The second-order valence-corrected chi connectivity index (χ2v) is 3.80. The van der Waals surface area contributed by atoms with Gasteiger partial charge in [0.25, 0.3) is 0 Å². The number of benzene rings is 1. The molecule has 2 atom stereocenters. The van der Waals surface area contributed by atoms with Crippen molar-refractivity contribution in [3.05, 3.63) is 35.4 Å². The number of carbonyl (C=O) groups excluding carboxylic acids is 1. The maximum atomic E-state index is 11.0. The van der Waals surface area contributed by atoms with Crippen LogP contribution in [0.1, 0.15) is 23.7 Å². The Balaban J connectivity index is 2.66. The Morgan fingerprint density at radius 1 is 1.44 bits per heavy atom. The molecule has 4 nitrogen and oxygen atoms in total. The molecule has 0 saturated heterocycles. The van der Waals surface area contributed by atoms with Gasteiger partial charge in [0, 0.05) is 6.04 Å². The Morgan fingerprint density at radius 3 is 2.50 bits per heavy atom. The fraction of sp³-hybridized carbons (Fsp3) is 0.417. The van der Waals surface area contributed by atoms with Crippen molar-refractivity contribution in [1.29, 1.82) is 0 Å². The fourth-order valence-electron chi connectivity index (χ4n) is 1.40. The molecule has 0 aliphatic rings. The number of aliphatic hydroxyl groups excluding tert-OH is 1. The molecule has 88 valence electrons. The highest BCUT2D eigenvalue weighted by molar-refractivity contribution is 5.70. The van der Waals surface area contributed by atoms with E-state index >= 15 is 0 Å². The first kappa shape index (κ1) is 12.7. The van der Waals surface area contributed by atoms with E-state index in [9.17, 15) is 9.90 Å². The zero-order chi connectivity index (χ0) is 12.1. The summed E-state index contributed by atoms with van der Waals surface area (Å²) in [7, 11) is 1.30. The lowest BCUT2D eigenvalue weighted by atomic mass is 10.00. The van der Waals surface area contributed by atoms with Crippen LogP contribution in [0.2, 0.25) is 0 Å². The standard InChI is InChI=1S/C12H17NO3/c1-8-3-5-9(6-4-8)12(15)10(13)7-11(14)16-2/h3-6,10,12,15H,7,13H2,1-2H3. The van der Waals surface area contributed by atoms with Crippen LogP contribution in [0.15, 0.2) is 24.3 Å². The third-order valence-corrected chi connectivity index (χ3v) is 2.45. The maximum absolute atomic E-state index is 11.0. The molecule has 3 N–H and O–H groups in total. The SMILES string of the molecule is COC(=O)CC(N)C(O)c1ccc(C)cc1. The summed E-state index contributed by atoms with van der Waals surface area (Å²) in [6.07, 6.45) is -0.842. The van der Waals surface area contributed by atoms with Gasteiger partial charge in [-0.2, -0.15) is 0 Å². The predicted molar refractivity (Wildman–Crippen MR) is 60.7 cm³/mol. The van der Waals surface area contributed by atoms with E-state index in [2.05, 4.69) is 4.74 Å². The van der Waals surface area contributed by atoms with Crippen molar-refractivity contribution in [3.8, 4) is 0 Å². The van der Waals surface area contributed by atoms with Gasteiger partial charge < -0.3 is 15.6 Å². The molecule has 1 aromatic carbocycles. The molecule has 0 amide bonds. The molecule has 0 radical (unpaired) electrons. The lowest BCUT2D eigenvalue weighted by molar-refractivity contribution is -0.141. The van der Waals surface area contributed by atoms with E-state index in [0.29, 0.717) is 5.56 Å². The van der Waals surface area contributed by atoms with Crippen molar-refractivity contribution < 1.29 is 14.6 Å². The smallest absolute Gasteiger partial charge is 0.307 e. The van der Waals surface area contributed by atoms with E-state index < -0.39 is 18.1 Å². The molecule has 0 fully saturated rings. The van der Waals surface area contributed by atoms with Crippen LogP contribution in [0, 0.1) is 6.92 Å². The van der Waals surface area contributed by atoms with Crippen LogP contribution in [0.4, 0.5) is 0 Å². The van der Waals surface area contributed by atoms with Gasteiger partial charge in [-0.05, 0) is 12.5 Å². The van der Waals surface area contributed by atoms with Crippen molar-refractivity contribution in [2.75, 3.05) is 7.11 Å². The summed E-state index contributed by atoms with van der Waals surface area (Å²) < 4.78 is 4.50. The second-order valence-electron chi connectivity index (χ2n) is 3.80. The van der Waals surface area contributed by atoms with Gasteiger partial charge >= 0.3 is 5.97 Å². The third kappa shape index (κ3) is 3.32. The average molecular weight is 223 g/mol. The Morgan fingerprint density at radius 2 is 2.00 bits per heavy atom. The molecular formula is C12H17NO3. The van der Waals surface area contributed by atoms with E-state index in [1.807, 2.05) is 19.1 Å². The van der Waals surface area contributed by atoms with Gasteiger partial charge in [0.05, 0.1) is 19.6 Å². The first-order valence-corrected chi connectivity index (χ1v) is 5.11. The first-order valence-electron chi connectivity index (χ1n) is 5.11. The van der Waals surface area contributed by atoms with Gasteiger partial charge in [-0.25, -0.2) is 0 Å². The minimum absolute atomic E-state index is 0.00550. The van der Waals surface area contributed by atoms with Crippen molar-refractivity contribution in [2.24, 2.45) is 5.73 Å². The minimum Gasteiger partial charge on any atom is -0.469 e. The number of nitrogens with two attached hydrogens (primary N) is 1. The van der Waals surface area contributed by atoms with Crippen LogP contribution in [0.3, 0.4) is 0 Å². The van der Waals surface area contributed by atoms with E-state index in [4.69, 9.17) is 5.73 Å². The van der Waals surface area contributed by atoms with Crippen LogP contribution in [-0.2, 0) is 9.53 Å². The van der Waals surface area contributed by atoms with Crippen LogP contribution in [0.5, 0.6) is 0 Å². The molecule has 0 saturated carbocycles. The van der Waals surface area contributed by atoms with E-state index in [0.717, 1.165) is 5.56 Å². The Bertz CT molecular complexity index is 348. The fourth-order valence-corrected chi connectivity index (χ4v) is 1.40. The number of carbonyl (C=O) groups is 1. The lowest BCUT2D eigenvalue weighted by Gasteiger charge is -2.18. The summed E-state index contributed by atoms with van der Waals surface area (Å²) in [6, 6.07) is 6.75. The van der Waals surface area contributed by atoms with Gasteiger partial charge in [0.15, 0.2) is 0 Å². The summed E-state index contributed by atoms with van der Waals surface area (Å²) in [5.41, 5.74) is 7.53. The highest BCUT2D eigenvalue weighted by atomic mass is 16.5. The summed E-state index contributed by atoms with van der Waals surface area (Å²) in [5, 5.41) is 9.89. The number of aliphatic hydroxyl groups is 1. The van der Waals surface area contributed by atoms with Gasteiger partial charge in [-0.3, -0.25) is 4.79 Å². The number of ether oxygens (including phenoxy) is 1. The Kier molecular flexibility index (Phi) is 4.46. The molecule has 1 aromatic rings. The number of esters is 1. The number of methoxy groups -OCH3 is 1. The highest BCUT2D eigenvalue weighted by Crippen LogP contribution is 2.18. The average Bonchev–Trinajstić information content (AvgIpc) is 2.28. The largest absolute Gasteiger partial charge is 0.469 e. The molecule has 4 heteroatoms. The summed E-state index contributed by atoms with van der Waals surface area (Å²) >= 11 is 0. The van der Waals surface area contributed by atoms with Crippen molar-refractivity contribution in [3.63, 3.8) is 0 Å². The van der Waals surface area contributed by atoms with E-state index in [1.165, 1.54) is 7.11 Å². The molecule has 0 heterocycles. The first-order chi connectivity index (χ1) is 7.54. The molecule has 1 rings (SSSR count). The number of rotatable bonds is 4. The summed E-state index contributed by atoms with van der Waals surface area (Å²) in [4.78, 5) is 11.0. The van der Waals surface area contributed by atoms with Gasteiger partial charge in [-0.15, -0.1) is 0 Å². The van der Waals surface area contributed by atoms with Crippen LogP contribution < -0.4 is 5.73 Å². The summed E-state index contributed by atoms with van der Waals surface area (Å²) in [6.45, 7) is 1.96. The zero-order valence-corrected chi connectivity index (χ0v) is 9.51. The Labute approximate surface area is 95.0 Å². The lowest BCUT2D eigenvalue weighted by Crippen LogP contribution is -2.31. The van der Waals surface area contributed by atoms with Crippen molar-refractivity contribution in [2.45, 2.75) is 25.5 Å². The van der Waals surface area contributed by atoms with E-state index in [-0.39, 0.29) is 6.42 Å². The van der Waals surface area contributed by atoms with Gasteiger partial charge in [0.1, 0.15) is 0 Å². The minimum atomic E-state index is -0.848. The molecule has 0 aromatic heterocycles. The molecular weight excluding hydrogens is 206 g/mol. The zero-order valence-electron chi connectivity index (χ0n) is 9.51. The molecule has 0 bridgehead atoms. The molecule has 2 unspecified atom stereocenters. The molecule has 0 aliphatic heterocycles. The topological polar surface area (TPSA) is 72.5 Å². The van der Waals surface area contributed by atoms with Crippen LogP contribution in [0.25, 0.3) is 0 Å². The van der Waals surface area contributed by atoms with Crippen LogP contribution >= 0.6 is 0 Å². The highest BCUT2D eigenvalue weighted by Gasteiger charge is 2.20. The summed E-state index contributed by atoms with van der Waals surface area (Å²) in [5.74, 6) is -0.418. The second kappa shape index (κ2) is 5.63. The number of hydrogen-bond acceptors (Lipinski definition) is 4. The Hall–Kier alpha value is -1.39. The quantitative estimate of drug-likeness (QED) is 0.744. The van der Waals surface area contributed by atoms with E-state index in [1.54, 1.807) is 12.1 Å². The normalized spacial score (nSPS) is 14.2. The van der Waals surface area contributed by atoms with Crippen LogP contribution in [-0.4, -0.2) is 24.2 Å². The van der Waals surface area contributed by atoms with Crippen molar-refractivity contribution >= 4 is 5.97 Å². The van der Waals surface area contributed by atoms with Crippen molar-refractivity contribution in [1.82, 2.24) is 0 Å². The predicted octanol–water partition coefficient (Wildman–Crippen LogP) is 0.919. The number of hydrogen-bond donors (Lipinski definition) is 2.